The Morgan fingerprint density at radius 2 is 1.21 bits per heavy atom. The number of rotatable bonds is 14. The molecular formula is C28H33NO4S. The summed E-state index contributed by atoms with van der Waals surface area (Å²) >= 11 is 0. The molecule has 6 heteroatoms. The molecule has 4 rings (SSSR count). The molecule has 0 atom stereocenters. The third kappa shape index (κ3) is 5.68. The molecule has 0 unspecified atom stereocenters. The van der Waals surface area contributed by atoms with E-state index in [9.17, 15) is 13.2 Å². The van der Waals surface area contributed by atoms with E-state index in [2.05, 4.69) is 29.0 Å². The first-order valence-electron chi connectivity index (χ1n) is 12.4. The van der Waals surface area contributed by atoms with Crippen LogP contribution in [0.3, 0.4) is 0 Å². The summed E-state index contributed by atoms with van der Waals surface area (Å²) in [5.74, 6) is -0.713. The van der Waals surface area contributed by atoms with Crippen molar-refractivity contribution in [2.24, 2.45) is 0 Å². The molecule has 0 heterocycles. The average molecular weight is 480 g/mol. The van der Waals surface area contributed by atoms with Crippen molar-refractivity contribution in [3.63, 3.8) is 0 Å². The van der Waals surface area contributed by atoms with Crippen molar-refractivity contribution in [1.82, 2.24) is 4.72 Å². The molecule has 0 aliphatic heterocycles. The van der Waals surface area contributed by atoms with Gasteiger partial charge in [-0.15, -0.1) is 0 Å². The van der Waals surface area contributed by atoms with E-state index in [1.165, 1.54) is 0 Å². The molecule has 0 fully saturated rings. The lowest BCUT2D eigenvalue weighted by atomic mass is 9.94. The molecule has 0 radical (unpaired) electrons. The van der Waals surface area contributed by atoms with Crippen molar-refractivity contribution in [2.75, 3.05) is 6.54 Å². The highest BCUT2D eigenvalue weighted by Gasteiger charge is 2.19. The molecule has 34 heavy (non-hydrogen) atoms. The summed E-state index contributed by atoms with van der Waals surface area (Å²) in [5.41, 5.74) is 0. The Hall–Kier alpha value is -2.70. The van der Waals surface area contributed by atoms with Crippen molar-refractivity contribution < 1.29 is 18.3 Å². The fraction of sp³-hybridized carbons (Fsp3) is 0.393. The summed E-state index contributed by atoms with van der Waals surface area (Å²) in [6, 6.07) is 17.9. The van der Waals surface area contributed by atoms with Gasteiger partial charge in [0.2, 0.25) is 10.0 Å². The molecule has 0 aliphatic rings. The fourth-order valence-electron chi connectivity index (χ4n) is 4.87. The summed E-state index contributed by atoms with van der Waals surface area (Å²) in [6.45, 7) is 0.444. The number of carbonyl (C=O) groups is 1. The monoisotopic (exact) mass is 479 g/mol. The Kier molecular flexibility index (Phi) is 8.01. The molecule has 0 spiro atoms. The maximum absolute atomic E-state index is 13.1. The first kappa shape index (κ1) is 24.4. The number of aliphatic carboxylic acids is 1. The standard InChI is InChI=1S/C28H33NO4S/c30-26(31)13-8-6-4-2-1-3-5-7-9-20-29-34(32,33)25-19-17-23-15-14-21-11-10-12-22-16-18-24(25)28(23)27(21)22/h10-12,14-19,29H,1-9,13,20H2,(H,30,31). The quantitative estimate of drug-likeness (QED) is 0.153. The number of unbranched alkanes of at least 4 members (excludes halogenated alkanes) is 8. The summed E-state index contributed by atoms with van der Waals surface area (Å²) in [4.78, 5) is 10.8. The molecule has 4 aromatic rings. The van der Waals surface area contributed by atoms with Gasteiger partial charge in [-0.2, -0.15) is 0 Å². The van der Waals surface area contributed by atoms with Gasteiger partial charge in [0.15, 0.2) is 0 Å². The third-order valence-electron chi connectivity index (χ3n) is 6.64. The van der Waals surface area contributed by atoms with Crippen LogP contribution in [0.4, 0.5) is 0 Å². The molecular weight excluding hydrogens is 446 g/mol. The van der Waals surface area contributed by atoms with Gasteiger partial charge in [-0.05, 0) is 45.8 Å². The van der Waals surface area contributed by atoms with Gasteiger partial charge in [0.05, 0.1) is 4.90 Å². The van der Waals surface area contributed by atoms with E-state index in [-0.39, 0.29) is 6.42 Å². The molecule has 0 aromatic heterocycles. The topological polar surface area (TPSA) is 83.5 Å². The first-order chi connectivity index (χ1) is 16.5. The van der Waals surface area contributed by atoms with Crippen LogP contribution in [0.5, 0.6) is 0 Å². The predicted molar refractivity (Wildman–Crippen MR) is 139 cm³/mol. The Balaban J connectivity index is 1.28. The zero-order chi connectivity index (χ0) is 24.0. The van der Waals surface area contributed by atoms with Crippen LogP contribution in [-0.2, 0) is 14.8 Å². The number of hydrogen-bond donors (Lipinski definition) is 2. The van der Waals surface area contributed by atoms with E-state index < -0.39 is 16.0 Å². The molecule has 5 nitrogen and oxygen atoms in total. The van der Waals surface area contributed by atoms with Crippen LogP contribution in [0.2, 0.25) is 0 Å². The van der Waals surface area contributed by atoms with Crippen LogP contribution in [0.25, 0.3) is 32.3 Å². The van der Waals surface area contributed by atoms with Gasteiger partial charge < -0.3 is 5.11 Å². The van der Waals surface area contributed by atoms with Crippen LogP contribution in [-0.4, -0.2) is 26.0 Å². The van der Waals surface area contributed by atoms with Crippen molar-refractivity contribution in [2.45, 2.75) is 69.1 Å². The molecule has 0 amide bonds. The van der Waals surface area contributed by atoms with Crippen molar-refractivity contribution in [3.05, 3.63) is 54.6 Å². The third-order valence-corrected chi connectivity index (χ3v) is 8.16. The van der Waals surface area contributed by atoms with Gasteiger partial charge in [-0.25, -0.2) is 13.1 Å². The van der Waals surface area contributed by atoms with Crippen molar-refractivity contribution in [1.29, 1.82) is 0 Å². The Labute approximate surface area is 201 Å². The van der Waals surface area contributed by atoms with Crippen LogP contribution >= 0.6 is 0 Å². The number of carboxylic acids is 1. The van der Waals surface area contributed by atoms with Gasteiger partial charge in [0.1, 0.15) is 0 Å². The predicted octanol–water partition coefficient (Wildman–Crippen LogP) is 6.85. The lowest BCUT2D eigenvalue weighted by Crippen LogP contribution is -2.25. The van der Waals surface area contributed by atoms with Gasteiger partial charge in [-0.1, -0.05) is 93.5 Å². The molecule has 0 aliphatic carbocycles. The highest BCUT2D eigenvalue weighted by molar-refractivity contribution is 7.89. The largest absolute Gasteiger partial charge is 0.481 e. The van der Waals surface area contributed by atoms with Gasteiger partial charge in [0.25, 0.3) is 0 Å². The highest BCUT2D eigenvalue weighted by atomic mass is 32.2. The normalized spacial score (nSPS) is 12.2. The van der Waals surface area contributed by atoms with Crippen LogP contribution < -0.4 is 4.72 Å². The van der Waals surface area contributed by atoms with Gasteiger partial charge >= 0.3 is 5.97 Å². The van der Waals surface area contributed by atoms with E-state index in [1.54, 1.807) is 6.07 Å². The number of hydrogen-bond acceptors (Lipinski definition) is 3. The van der Waals surface area contributed by atoms with E-state index in [0.717, 1.165) is 90.1 Å². The second-order valence-electron chi connectivity index (χ2n) is 9.14. The summed E-state index contributed by atoms with van der Waals surface area (Å²) < 4.78 is 29.1. The first-order valence-corrected chi connectivity index (χ1v) is 13.8. The fourth-order valence-corrected chi connectivity index (χ4v) is 6.14. The molecule has 0 saturated heterocycles. The van der Waals surface area contributed by atoms with E-state index in [4.69, 9.17) is 5.11 Å². The highest BCUT2D eigenvalue weighted by Crippen LogP contribution is 2.37. The van der Waals surface area contributed by atoms with Crippen LogP contribution in [0, 0.1) is 0 Å². The Bertz CT molecular complexity index is 1350. The minimum absolute atomic E-state index is 0.268. The maximum atomic E-state index is 13.1. The molecule has 180 valence electrons. The number of benzene rings is 4. The van der Waals surface area contributed by atoms with E-state index >= 15 is 0 Å². The number of nitrogens with one attached hydrogen (secondary N) is 1. The second-order valence-corrected chi connectivity index (χ2v) is 10.9. The summed E-state index contributed by atoms with van der Waals surface area (Å²) in [6.07, 6.45) is 9.46. The smallest absolute Gasteiger partial charge is 0.303 e. The zero-order valence-corrected chi connectivity index (χ0v) is 20.4. The molecule has 4 aromatic carbocycles. The van der Waals surface area contributed by atoms with Crippen molar-refractivity contribution >= 4 is 48.3 Å². The lowest BCUT2D eigenvalue weighted by molar-refractivity contribution is -0.137. The molecule has 0 bridgehead atoms. The maximum Gasteiger partial charge on any atom is 0.303 e. The zero-order valence-electron chi connectivity index (χ0n) is 19.6. The SMILES string of the molecule is O=C(O)CCCCCCCCCCCNS(=O)(=O)c1ccc2ccc3cccc4ccc1c2c34. The number of carboxylic acid groups (broad SMARTS) is 1. The minimum Gasteiger partial charge on any atom is -0.481 e. The molecule has 0 saturated carbocycles. The van der Waals surface area contributed by atoms with Gasteiger partial charge in [0, 0.05) is 18.4 Å². The Morgan fingerprint density at radius 3 is 1.85 bits per heavy atom. The average Bonchev–Trinajstić information content (AvgIpc) is 2.83. The second kappa shape index (κ2) is 11.2. The summed E-state index contributed by atoms with van der Waals surface area (Å²) in [7, 11) is -3.59. The van der Waals surface area contributed by atoms with Crippen LogP contribution in [0.1, 0.15) is 64.2 Å². The summed E-state index contributed by atoms with van der Waals surface area (Å²) in [5, 5.41) is 14.9. The lowest BCUT2D eigenvalue weighted by Gasteiger charge is -2.14. The molecule has 2 N–H and O–H groups in total. The number of sulfonamides is 1. The van der Waals surface area contributed by atoms with E-state index in [1.807, 2.05) is 24.3 Å². The minimum atomic E-state index is -3.59. The van der Waals surface area contributed by atoms with Gasteiger partial charge in [-0.3, -0.25) is 4.79 Å². The van der Waals surface area contributed by atoms with Crippen LogP contribution in [0.15, 0.2) is 59.5 Å². The Morgan fingerprint density at radius 1 is 0.676 bits per heavy atom. The van der Waals surface area contributed by atoms with E-state index in [0.29, 0.717) is 11.4 Å². The van der Waals surface area contributed by atoms with Crippen molar-refractivity contribution in [3.8, 4) is 0 Å².